The number of aromatic carboxylic acids is 1. The van der Waals surface area contributed by atoms with Gasteiger partial charge < -0.3 is 10.0 Å². The van der Waals surface area contributed by atoms with E-state index >= 15 is 0 Å². The zero-order valence-electron chi connectivity index (χ0n) is 11.7. The second-order valence-electron chi connectivity index (χ2n) is 4.75. The molecule has 2 aromatic rings. The molecule has 0 radical (unpaired) electrons. The quantitative estimate of drug-likeness (QED) is 0.882. The molecule has 0 aliphatic carbocycles. The second-order valence-corrected chi connectivity index (χ2v) is 5.60. The van der Waals surface area contributed by atoms with E-state index in [9.17, 15) is 14.3 Å². The van der Waals surface area contributed by atoms with Crippen LogP contribution in [0.5, 0.6) is 0 Å². The Morgan fingerprint density at radius 2 is 1.90 bits per heavy atom. The smallest absolute Gasteiger partial charge is 0.338 e. The topological polar surface area (TPSA) is 40.5 Å². The summed E-state index contributed by atoms with van der Waals surface area (Å²) in [6, 6.07) is 11.4. The predicted octanol–water partition coefficient (Wildman–Crippen LogP) is 4.48. The Bertz CT molecular complexity index is 675. The first-order valence-electron chi connectivity index (χ1n) is 6.42. The van der Waals surface area contributed by atoms with Crippen molar-refractivity contribution >= 4 is 27.6 Å². The molecule has 0 heterocycles. The maximum Gasteiger partial charge on any atom is 0.338 e. The average molecular weight is 352 g/mol. The van der Waals surface area contributed by atoms with E-state index in [0.717, 1.165) is 0 Å². The molecule has 0 saturated heterocycles. The standard InChI is InChI=1S/C16H15BrFNO2/c1-10(11-6-3-4-8-13(11)18)19(2)14-9-5-7-12(17)15(14)16(20)21/h3-10H,1-2H3,(H,20,21). The number of anilines is 1. The Morgan fingerprint density at radius 3 is 2.52 bits per heavy atom. The molecule has 0 spiro atoms. The number of rotatable bonds is 4. The van der Waals surface area contributed by atoms with E-state index in [2.05, 4.69) is 15.9 Å². The summed E-state index contributed by atoms with van der Waals surface area (Å²) in [6.45, 7) is 1.84. The van der Waals surface area contributed by atoms with E-state index in [1.54, 1.807) is 48.3 Å². The van der Waals surface area contributed by atoms with E-state index in [4.69, 9.17) is 0 Å². The molecule has 1 atom stereocenters. The van der Waals surface area contributed by atoms with Crippen LogP contribution < -0.4 is 4.90 Å². The largest absolute Gasteiger partial charge is 0.478 e. The van der Waals surface area contributed by atoms with Crippen molar-refractivity contribution in [2.45, 2.75) is 13.0 Å². The van der Waals surface area contributed by atoms with Crippen molar-refractivity contribution in [3.05, 3.63) is 63.9 Å². The summed E-state index contributed by atoms with van der Waals surface area (Å²) in [5.74, 6) is -1.33. The fourth-order valence-corrected chi connectivity index (χ4v) is 2.77. The number of carboxylic acids is 1. The minimum Gasteiger partial charge on any atom is -0.478 e. The molecule has 21 heavy (non-hydrogen) atoms. The molecule has 110 valence electrons. The number of hydrogen-bond donors (Lipinski definition) is 1. The first-order valence-corrected chi connectivity index (χ1v) is 7.22. The van der Waals surface area contributed by atoms with Crippen molar-refractivity contribution in [1.29, 1.82) is 0 Å². The Kier molecular flexibility index (Phi) is 4.63. The molecule has 1 unspecified atom stereocenters. The second kappa shape index (κ2) is 6.26. The summed E-state index contributed by atoms with van der Waals surface area (Å²) in [5, 5.41) is 9.37. The van der Waals surface area contributed by atoms with E-state index in [1.165, 1.54) is 6.07 Å². The lowest BCUT2D eigenvalue weighted by Gasteiger charge is -2.29. The van der Waals surface area contributed by atoms with Crippen LogP contribution in [-0.2, 0) is 0 Å². The first kappa shape index (κ1) is 15.5. The Morgan fingerprint density at radius 1 is 1.24 bits per heavy atom. The van der Waals surface area contributed by atoms with Gasteiger partial charge in [0.1, 0.15) is 5.82 Å². The molecule has 1 N–H and O–H groups in total. The van der Waals surface area contributed by atoms with Crippen LogP contribution >= 0.6 is 15.9 Å². The summed E-state index contributed by atoms with van der Waals surface area (Å²) >= 11 is 3.25. The number of halogens is 2. The van der Waals surface area contributed by atoms with Crippen LogP contribution in [0.25, 0.3) is 0 Å². The lowest BCUT2D eigenvalue weighted by molar-refractivity contribution is 0.0696. The molecule has 3 nitrogen and oxygen atoms in total. The number of nitrogens with zero attached hydrogens (tertiary/aromatic N) is 1. The number of carboxylic acid groups (broad SMARTS) is 1. The van der Waals surface area contributed by atoms with Gasteiger partial charge in [0.25, 0.3) is 0 Å². The highest BCUT2D eigenvalue weighted by Crippen LogP contribution is 2.32. The lowest BCUT2D eigenvalue weighted by atomic mass is 10.0. The van der Waals surface area contributed by atoms with Gasteiger partial charge in [0.05, 0.1) is 17.3 Å². The summed E-state index contributed by atoms with van der Waals surface area (Å²) < 4.78 is 14.4. The molecule has 0 aliphatic heterocycles. The average Bonchev–Trinajstić information content (AvgIpc) is 2.45. The molecule has 5 heteroatoms. The van der Waals surface area contributed by atoms with E-state index in [0.29, 0.717) is 15.7 Å². The Labute approximate surface area is 131 Å². The van der Waals surface area contributed by atoms with Gasteiger partial charge in [0, 0.05) is 17.1 Å². The van der Waals surface area contributed by atoms with Crippen LogP contribution in [0.4, 0.5) is 10.1 Å². The van der Waals surface area contributed by atoms with Gasteiger partial charge in [-0.2, -0.15) is 0 Å². The highest BCUT2D eigenvalue weighted by Gasteiger charge is 2.22. The highest BCUT2D eigenvalue weighted by molar-refractivity contribution is 9.10. The van der Waals surface area contributed by atoms with E-state index in [-0.39, 0.29) is 17.4 Å². The Hall–Kier alpha value is -1.88. The highest BCUT2D eigenvalue weighted by atomic mass is 79.9. The van der Waals surface area contributed by atoms with Gasteiger partial charge in [-0.25, -0.2) is 9.18 Å². The molecule has 2 rings (SSSR count). The lowest BCUT2D eigenvalue weighted by Crippen LogP contribution is -2.24. The maximum atomic E-state index is 13.9. The van der Waals surface area contributed by atoms with Crippen molar-refractivity contribution in [2.75, 3.05) is 11.9 Å². The summed E-state index contributed by atoms with van der Waals surface area (Å²) in [7, 11) is 1.76. The zero-order chi connectivity index (χ0) is 15.6. The van der Waals surface area contributed by atoms with Gasteiger partial charge in [0.15, 0.2) is 0 Å². The van der Waals surface area contributed by atoms with Crippen molar-refractivity contribution in [3.8, 4) is 0 Å². The third kappa shape index (κ3) is 3.08. The van der Waals surface area contributed by atoms with Gasteiger partial charge in [-0.3, -0.25) is 0 Å². The van der Waals surface area contributed by atoms with Crippen LogP contribution in [0, 0.1) is 5.82 Å². The molecule has 0 aromatic heterocycles. The van der Waals surface area contributed by atoms with Gasteiger partial charge >= 0.3 is 5.97 Å². The van der Waals surface area contributed by atoms with Crippen LogP contribution in [0.2, 0.25) is 0 Å². The Balaban J connectivity index is 2.46. The number of carbonyl (C=O) groups is 1. The van der Waals surface area contributed by atoms with E-state index < -0.39 is 5.97 Å². The summed E-state index contributed by atoms with van der Waals surface area (Å²) in [4.78, 5) is 13.2. The van der Waals surface area contributed by atoms with Gasteiger partial charge in [-0.1, -0.05) is 24.3 Å². The molecule has 0 aliphatic rings. The summed E-state index contributed by atoms with van der Waals surface area (Å²) in [5.41, 5.74) is 1.23. The minimum absolute atomic E-state index is 0.170. The summed E-state index contributed by atoms with van der Waals surface area (Å²) in [6.07, 6.45) is 0. The van der Waals surface area contributed by atoms with Crippen LogP contribution in [0.15, 0.2) is 46.9 Å². The molecule has 0 saturated carbocycles. The number of hydrogen-bond acceptors (Lipinski definition) is 2. The van der Waals surface area contributed by atoms with Crippen LogP contribution in [0.1, 0.15) is 28.9 Å². The molecule has 0 amide bonds. The third-order valence-electron chi connectivity index (χ3n) is 3.52. The van der Waals surface area contributed by atoms with Gasteiger partial charge in [-0.05, 0) is 41.1 Å². The van der Waals surface area contributed by atoms with Gasteiger partial charge in [0.2, 0.25) is 0 Å². The van der Waals surface area contributed by atoms with Crippen LogP contribution in [0.3, 0.4) is 0 Å². The van der Waals surface area contributed by atoms with Crippen molar-refractivity contribution in [2.24, 2.45) is 0 Å². The monoisotopic (exact) mass is 351 g/mol. The normalized spacial score (nSPS) is 12.0. The molecular formula is C16H15BrFNO2. The van der Waals surface area contributed by atoms with Crippen molar-refractivity contribution < 1.29 is 14.3 Å². The SMILES string of the molecule is CC(c1ccccc1F)N(C)c1cccc(Br)c1C(=O)O. The molecule has 0 bridgehead atoms. The van der Waals surface area contributed by atoms with Crippen LogP contribution in [-0.4, -0.2) is 18.1 Å². The third-order valence-corrected chi connectivity index (χ3v) is 4.18. The maximum absolute atomic E-state index is 13.9. The minimum atomic E-state index is -1.02. The predicted molar refractivity (Wildman–Crippen MR) is 84.3 cm³/mol. The van der Waals surface area contributed by atoms with Crippen molar-refractivity contribution in [1.82, 2.24) is 0 Å². The fraction of sp³-hybridized carbons (Fsp3) is 0.188. The molecule has 2 aromatic carbocycles. The van der Waals surface area contributed by atoms with Crippen molar-refractivity contribution in [3.63, 3.8) is 0 Å². The number of benzene rings is 2. The molecule has 0 fully saturated rings. The van der Waals surface area contributed by atoms with Gasteiger partial charge in [-0.15, -0.1) is 0 Å². The zero-order valence-corrected chi connectivity index (χ0v) is 13.3. The molecular weight excluding hydrogens is 337 g/mol. The van der Waals surface area contributed by atoms with E-state index in [1.807, 2.05) is 6.92 Å². The fourth-order valence-electron chi connectivity index (χ4n) is 2.25. The first-order chi connectivity index (χ1) is 9.93.